The van der Waals surface area contributed by atoms with E-state index in [0.29, 0.717) is 11.5 Å². The number of likely N-dealkylation sites (tertiary alicyclic amines) is 1. The normalized spacial score (nSPS) is 21.9. The molecular weight excluding hydrogens is 680 g/mol. The number of aromatic amines is 1. The number of rotatable bonds is 12. The molecule has 7 rings (SSSR count). The average molecular weight is 724 g/mol. The first kappa shape index (κ1) is 36.0. The molecule has 3 aliphatic rings. The Morgan fingerprint density at radius 2 is 1.62 bits per heavy atom. The van der Waals surface area contributed by atoms with Crippen molar-refractivity contribution in [3.63, 3.8) is 0 Å². The Kier molecular flexibility index (Phi) is 10.6. The number of nitrogens with zero attached hydrogens (tertiary/aromatic N) is 5. The second-order valence-corrected chi connectivity index (χ2v) is 12.8. The largest absolute Gasteiger partial charge is 0.497 e. The summed E-state index contributed by atoms with van der Waals surface area (Å²) in [5.41, 5.74) is 0.812. The minimum absolute atomic E-state index is 0.0790. The fourth-order valence-electron chi connectivity index (χ4n) is 6.85. The number of aromatic nitrogens is 2. The van der Waals surface area contributed by atoms with Crippen LogP contribution in [0.25, 0.3) is 0 Å². The zero-order chi connectivity index (χ0) is 37.0. The van der Waals surface area contributed by atoms with Crippen molar-refractivity contribution in [2.24, 2.45) is 9.98 Å². The van der Waals surface area contributed by atoms with Gasteiger partial charge in [0.25, 0.3) is 11.6 Å². The number of H-pyrrole nitrogens is 1. The summed E-state index contributed by atoms with van der Waals surface area (Å²) in [5.74, 6) is 2.75. The summed E-state index contributed by atoms with van der Waals surface area (Å²) in [5, 5.41) is 12.3. The zero-order valence-electron chi connectivity index (χ0n) is 30.1. The highest BCUT2D eigenvalue weighted by molar-refractivity contribution is 5.87. The first-order chi connectivity index (χ1) is 25.9. The maximum Gasteiger partial charge on any atom is 0.322 e. The van der Waals surface area contributed by atoms with Crippen molar-refractivity contribution in [1.82, 2.24) is 14.9 Å². The molecule has 3 aliphatic heterocycles. The van der Waals surface area contributed by atoms with Gasteiger partial charge in [-0.25, -0.2) is 0 Å². The summed E-state index contributed by atoms with van der Waals surface area (Å²) in [7, 11) is 6.75. The van der Waals surface area contributed by atoms with E-state index < -0.39 is 29.5 Å². The number of nitrogens with one attached hydrogen (secondary N) is 1. The zero-order valence-corrected chi connectivity index (χ0v) is 30.1. The van der Waals surface area contributed by atoms with Gasteiger partial charge in [-0.2, -0.15) is 9.57 Å². The van der Waals surface area contributed by atoms with Gasteiger partial charge in [-0.05, 0) is 47.4 Å². The molecule has 3 aromatic carbocycles. The first-order valence-corrected chi connectivity index (χ1v) is 17.4. The summed E-state index contributed by atoms with van der Waals surface area (Å²) in [6.45, 7) is 1.18. The Labute approximate surface area is 307 Å². The molecule has 1 unspecified atom stereocenters. The molecule has 2 N–H and O–H groups in total. The van der Waals surface area contributed by atoms with Crippen LogP contribution in [0.1, 0.15) is 29.5 Å². The number of aliphatic imine (C=N–C) groups is 2. The Bertz CT molecular complexity index is 2000. The van der Waals surface area contributed by atoms with Crippen LogP contribution in [-0.2, 0) is 24.5 Å². The highest BCUT2D eigenvalue weighted by Crippen LogP contribution is 2.44. The predicted octanol–water partition coefficient (Wildman–Crippen LogP) is 4.06. The first-order valence-electron chi connectivity index (χ1n) is 17.4. The Balaban J connectivity index is 1.31. The Morgan fingerprint density at radius 1 is 0.962 bits per heavy atom. The Hall–Kier alpha value is -5.41. The number of benzene rings is 3. The van der Waals surface area contributed by atoms with Crippen LogP contribution in [-0.4, -0.2) is 116 Å². The van der Waals surface area contributed by atoms with E-state index in [2.05, 4.69) is 20.0 Å². The molecule has 0 aliphatic carbocycles. The third-order valence-electron chi connectivity index (χ3n) is 9.62. The van der Waals surface area contributed by atoms with Crippen molar-refractivity contribution in [3.8, 4) is 11.5 Å². The molecule has 4 aromatic rings. The molecule has 53 heavy (non-hydrogen) atoms. The van der Waals surface area contributed by atoms with Crippen LogP contribution in [0.5, 0.6) is 11.5 Å². The number of amidine groups is 1. The molecule has 3 atom stereocenters. The fourth-order valence-corrected chi connectivity index (χ4v) is 6.85. The molecule has 14 nitrogen and oxygen atoms in total. The number of ether oxygens (including phenoxy) is 6. The quantitative estimate of drug-likeness (QED) is 0.124. The van der Waals surface area contributed by atoms with E-state index in [9.17, 15) is 9.90 Å². The van der Waals surface area contributed by atoms with Crippen molar-refractivity contribution in [2.45, 2.75) is 36.8 Å². The van der Waals surface area contributed by atoms with E-state index in [1.807, 2.05) is 90.8 Å². The van der Waals surface area contributed by atoms with Gasteiger partial charge < -0.3 is 38.4 Å². The van der Waals surface area contributed by atoms with E-state index >= 15 is 0 Å². The van der Waals surface area contributed by atoms with Gasteiger partial charge in [-0.3, -0.25) is 9.78 Å². The molecule has 276 valence electrons. The van der Waals surface area contributed by atoms with Crippen molar-refractivity contribution >= 4 is 35.5 Å². The van der Waals surface area contributed by atoms with Crippen LogP contribution in [0.4, 0.5) is 17.5 Å². The van der Waals surface area contributed by atoms with Crippen molar-refractivity contribution in [2.75, 3.05) is 54.7 Å². The molecule has 2 fully saturated rings. The molecule has 0 spiro atoms. The number of fused-ring (bicyclic) bond motifs is 1. The van der Waals surface area contributed by atoms with Gasteiger partial charge in [-0.15, -0.1) is 0 Å². The van der Waals surface area contributed by atoms with E-state index in [0.717, 1.165) is 41.9 Å². The number of methoxy groups -OCH3 is 3. The monoisotopic (exact) mass is 723 g/mol. The number of hydrogen-bond donors (Lipinski definition) is 2. The molecule has 14 heteroatoms. The van der Waals surface area contributed by atoms with Gasteiger partial charge in [-0.1, -0.05) is 64.6 Å². The topological polar surface area (TPSA) is 152 Å². The standard InChI is InChI=1S/C39H42N6O8/c1-44-20-8-11-31(44)41-38-42-35-32(36(47)43-38)40-24-45(35)37-34(51-22-21-48-2)33(46)30(23-52-37)53-39(25-9-6-5-7-10-25,26-12-16-28(49-3)17-13-26)27-14-18-29(50-4)19-15-27/h5-7,9-10,12-19,24,30,33-34,46H,8,11,20-23H2,1-4H3/p+1/b41-31+,45-37+/t30?,33-,34-/m1/s1. The SMILES string of the molecule is COCCO[C@H]1/C(=[N+]2/C=Nc3c2nc(/N=C2\CCCN2C)[nH]c3=O)OCC(OC(c2ccccc2)(c2ccc(OC)cc2)c2ccc(OC)cc2)[C@H]1O. The number of aliphatic hydroxyl groups excluding tert-OH is 1. The van der Waals surface area contributed by atoms with Crippen LogP contribution in [0, 0.1) is 0 Å². The minimum Gasteiger partial charge on any atom is -0.497 e. The third-order valence-corrected chi connectivity index (χ3v) is 9.62. The molecule has 1 aromatic heterocycles. The van der Waals surface area contributed by atoms with Gasteiger partial charge in [0, 0.05) is 27.1 Å². The minimum atomic E-state index is -1.26. The van der Waals surface area contributed by atoms with Gasteiger partial charge in [0.2, 0.25) is 6.34 Å². The summed E-state index contributed by atoms with van der Waals surface area (Å²) in [4.78, 5) is 31.6. The van der Waals surface area contributed by atoms with Gasteiger partial charge in [0.1, 0.15) is 41.8 Å². The molecule has 0 bridgehead atoms. The molecular formula is C39H43N6O8+. The summed E-state index contributed by atoms with van der Waals surface area (Å²) in [6.07, 6.45) is -0.0834. The molecule has 0 amide bonds. The molecule has 2 saturated heterocycles. The van der Waals surface area contributed by atoms with E-state index in [-0.39, 0.29) is 43.2 Å². The maximum atomic E-state index is 13.2. The van der Waals surface area contributed by atoms with E-state index in [1.54, 1.807) is 21.3 Å². The lowest BCUT2D eigenvalue weighted by molar-refractivity contribution is -0.327. The molecule has 0 radical (unpaired) electrons. The van der Waals surface area contributed by atoms with Crippen LogP contribution in [0.3, 0.4) is 0 Å². The summed E-state index contributed by atoms with van der Waals surface area (Å²) >= 11 is 0. The van der Waals surface area contributed by atoms with Crippen LogP contribution in [0.2, 0.25) is 0 Å². The second-order valence-electron chi connectivity index (χ2n) is 12.8. The van der Waals surface area contributed by atoms with Crippen molar-refractivity contribution < 1.29 is 38.1 Å². The van der Waals surface area contributed by atoms with Crippen LogP contribution < -0.4 is 15.0 Å². The molecule has 0 saturated carbocycles. The maximum absolute atomic E-state index is 13.2. The van der Waals surface area contributed by atoms with E-state index in [4.69, 9.17) is 28.4 Å². The highest BCUT2D eigenvalue weighted by Gasteiger charge is 2.49. The van der Waals surface area contributed by atoms with Crippen molar-refractivity contribution in [1.29, 1.82) is 0 Å². The lowest BCUT2D eigenvalue weighted by Crippen LogP contribution is -2.57. The average Bonchev–Trinajstić information content (AvgIpc) is 3.81. The summed E-state index contributed by atoms with van der Waals surface area (Å²) < 4.78 is 37.7. The second kappa shape index (κ2) is 15.7. The summed E-state index contributed by atoms with van der Waals surface area (Å²) in [6, 6.07) is 25.1. The third kappa shape index (κ3) is 7.05. The van der Waals surface area contributed by atoms with Crippen LogP contribution >= 0.6 is 0 Å². The number of aliphatic hydroxyl groups is 1. The smallest absolute Gasteiger partial charge is 0.322 e. The van der Waals surface area contributed by atoms with Crippen LogP contribution in [0.15, 0.2) is 93.6 Å². The lowest BCUT2D eigenvalue weighted by Gasteiger charge is -2.43. The lowest BCUT2D eigenvalue weighted by atomic mass is 9.79. The fraction of sp³-hybridized carbons (Fsp3) is 0.359. The van der Waals surface area contributed by atoms with E-state index in [1.165, 1.54) is 10.9 Å². The van der Waals surface area contributed by atoms with Crippen molar-refractivity contribution in [3.05, 3.63) is 106 Å². The highest BCUT2D eigenvalue weighted by atomic mass is 16.6. The van der Waals surface area contributed by atoms with Gasteiger partial charge in [0.15, 0.2) is 6.10 Å². The van der Waals surface area contributed by atoms with Gasteiger partial charge >= 0.3 is 17.3 Å². The number of hydrogen-bond acceptors (Lipinski definition) is 11. The molecule has 4 heterocycles. The van der Waals surface area contributed by atoms with Gasteiger partial charge in [0.05, 0.1) is 27.4 Å². The Morgan fingerprint density at radius 3 is 2.23 bits per heavy atom. The predicted molar refractivity (Wildman–Crippen MR) is 198 cm³/mol.